The Labute approximate surface area is 101 Å². The molecule has 4 N–H and O–H groups in total. The standard InChI is InChI=1S/C8H12N2O5S2/c1-2-16(11)15-10-6-3-4-7(9)8(5-6)17(12,13)14/h3-5,10H,2,9H2,1H3,(H,12,13,14). The van der Waals surface area contributed by atoms with E-state index in [-0.39, 0.29) is 17.1 Å². The van der Waals surface area contributed by atoms with Crippen molar-refractivity contribution in [1.29, 1.82) is 0 Å². The van der Waals surface area contributed by atoms with Gasteiger partial charge in [0.15, 0.2) is 11.1 Å². The van der Waals surface area contributed by atoms with Crippen molar-refractivity contribution in [3.05, 3.63) is 18.2 Å². The second-order valence-electron chi connectivity index (χ2n) is 3.01. The summed E-state index contributed by atoms with van der Waals surface area (Å²) < 4.78 is 46.4. The van der Waals surface area contributed by atoms with Gasteiger partial charge < -0.3 is 5.73 Å². The average Bonchev–Trinajstić information content (AvgIpc) is 2.26. The van der Waals surface area contributed by atoms with E-state index in [4.69, 9.17) is 10.3 Å². The van der Waals surface area contributed by atoms with Gasteiger partial charge in [-0.05, 0) is 18.2 Å². The lowest BCUT2D eigenvalue weighted by Gasteiger charge is -2.07. The summed E-state index contributed by atoms with van der Waals surface area (Å²) in [4.78, 5) is -0.437. The third-order valence-corrected chi connectivity index (χ3v) is 3.43. The lowest BCUT2D eigenvalue weighted by molar-refractivity contribution is 0.437. The zero-order valence-corrected chi connectivity index (χ0v) is 10.5. The van der Waals surface area contributed by atoms with Crippen LogP contribution in [0.4, 0.5) is 11.4 Å². The normalized spacial score (nSPS) is 13.3. The first-order valence-electron chi connectivity index (χ1n) is 4.53. The van der Waals surface area contributed by atoms with Gasteiger partial charge in [-0.25, -0.2) is 4.21 Å². The molecule has 0 spiro atoms. The van der Waals surface area contributed by atoms with Gasteiger partial charge in [0.2, 0.25) is 0 Å². The first-order chi connectivity index (χ1) is 7.84. The summed E-state index contributed by atoms with van der Waals surface area (Å²) in [6.45, 7) is 1.66. The fraction of sp³-hybridized carbons (Fsp3) is 0.250. The zero-order valence-electron chi connectivity index (χ0n) is 8.91. The van der Waals surface area contributed by atoms with Crippen molar-refractivity contribution in [1.82, 2.24) is 0 Å². The molecule has 0 aliphatic carbocycles. The van der Waals surface area contributed by atoms with Gasteiger partial charge in [0.05, 0.1) is 11.4 Å². The number of hydrogen-bond donors (Lipinski definition) is 3. The Kier molecular flexibility index (Phi) is 4.46. The molecule has 1 unspecified atom stereocenters. The maximum absolute atomic E-state index is 11.0. The predicted molar refractivity (Wildman–Crippen MR) is 64.1 cm³/mol. The van der Waals surface area contributed by atoms with Gasteiger partial charge >= 0.3 is 0 Å². The third kappa shape index (κ3) is 3.97. The van der Waals surface area contributed by atoms with E-state index >= 15 is 0 Å². The van der Waals surface area contributed by atoms with Crippen LogP contribution in [-0.4, -0.2) is 22.9 Å². The zero-order chi connectivity index (χ0) is 13.1. The first kappa shape index (κ1) is 13.9. The number of anilines is 2. The number of nitrogens with two attached hydrogens (primary N) is 1. The van der Waals surface area contributed by atoms with Crippen LogP contribution in [-0.2, 0) is 25.5 Å². The van der Waals surface area contributed by atoms with Gasteiger partial charge in [0.25, 0.3) is 10.1 Å². The Morgan fingerprint density at radius 2 is 2.18 bits per heavy atom. The van der Waals surface area contributed by atoms with Crippen LogP contribution >= 0.6 is 0 Å². The number of benzene rings is 1. The summed E-state index contributed by atoms with van der Waals surface area (Å²) >= 11 is -1.51. The molecule has 0 bridgehead atoms. The summed E-state index contributed by atoms with van der Waals surface area (Å²) in [5.41, 5.74) is 7.82. The van der Waals surface area contributed by atoms with E-state index in [2.05, 4.69) is 9.76 Å². The SMILES string of the molecule is CCS(=O)ONc1ccc(N)c(S(=O)(=O)O)c1. The minimum Gasteiger partial charge on any atom is -0.398 e. The van der Waals surface area contributed by atoms with Crippen molar-refractivity contribution in [3.8, 4) is 0 Å². The van der Waals surface area contributed by atoms with Crippen LogP contribution in [0.5, 0.6) is 0 Å². The maximum atomic E-state index is 11.0. The highest BCUT2D eigenvalue weighted by molar-refractivity contribution is 7.86. The summed E-state index contributed by atoms with van der Waals surface area (Å²) in [5.74, 6) is 0.285. The van der Waals surface area contributed by atoms with Gasteiger partial charge in [-0.3, -0.25) is 10.0 Å². The molecule has 7 nitrogen and oxygen atoms in total. The van der Waals surface area contributed by atoms with Gasteiger partial charge in [0, 0.05) is 5.75 Å². The van der Waals surface area contributed by atoms with Gasteiger partial charge in [-0.15, -0.1) is 0 Å². The van der Waals surface area contributed by atoms with Crippen LogP contribution in [0, 0.1) is 0 Å². The van der Waals surface area contributed by atoms with Crippen molar-refractivity contribution in [2.24, 2.45) is 0 Å². The highest BCUT2D eigenvalue weighted by Gasteiger charge is 2.14. The second kappa shape index (κ2) is 5.45. The van der Waals surface area contributed by atoms with E-state index in [0.717, 1.165) is 6.07 Å². The third-order valence-electron chi connectivity index (χ3n) is 1.78. The molecule has 1 atom stereocenters. The second-order valence-corrected chi connectivity index (χ2v) is 5.75. The van der Waals surface area contributed by atoms with E-state index in [1.54, 1.807) is 6.92 Å². The molecule has 0 aliphatic heterocycles. The van der Waals surface area contributed by atoms with Crippen molar-refractivity contribution in [2.45, 2.75) is 11.8 Å². The summed E-state index contributed by atoms with van der Waals surface area (Å²) in [7, 11) is -4.40. The highest BCUT2D eigenvalue weighted by atomic mass is 32.2. The van der Waals surface area contributed by atoms with Crippen molar-refractivity contribution in [2.75, 3.05) is 17.0 Å². The Balaban J connectivity index is 2.94. The van der Waals surface area contributed by atoms with Crippen LogP contribution in [0.3, 0.4) is 0 Å². The average molecular weight is 280 g/mol. The topological polar surface area (TPSA) is 119 Å². The molecule has 0 heterocycles. The minimum absolute atomic E-state index is 0.0883. The van der Waals surface area contributed by atoms with Crippen LogP contribution in [0.25, 0.3) is 0 Å². The van der Waals surface area contributed by atoms with E-state index < -0.39 is 26.1 Å². The molecule has 1 aromatic rings. The van der Waals surface area contributed by atoms with Crippen molar-refractivity contribution < 1.29 is 21.5 Å². The molecule has 17 heavy (non-hydrogen) atoms. The molecule has 0 saturated heterocycles. The fourth-order valence-electron chi connectivity index (χ4n) is 0.975. The number of hydrogen-bond acceptors (Lipinski definition) is 6. The van der Waals surface area contributed by atoms with E-state index in [0.29, 0.717) is 0 Å². The molecular weight excluding hydrogens is 268 g/mol. The fourth-order valence-corrected chi connectivity index (χ4v) is 1.92. The molecule has 0 saturated carbocycles. The smallest absolute Gasteiger partial charge is 0.296 e. The Morgan fingerprint density at radius 1 is 1.53 bits per heavy atom. The lowest BCUT2D eigenvalue weighted by atomic mass is 10.3. The van der Waals surface area contributed by atoms with E-state index in [1.165, 1.54) is 12.1 Å². The molecule has 0 radical (unpaired) electrons. The minimum atomic E-state index is -4.40. The molecule has 9 heteroatoms. The van der Waals surface area contributed by atoms with Crippen molar-refractivity contribution >= 4 is 32.6 Å². The van der Waals surface area contributed by atoms with Crippen LogP contribution in [0.1, 0.15) is 6.92 Å². The molecule has 96 valence electrons. The maximum Gasteiger partial charge on any atom is 0.296 e. The van der Waals surface area contributed by atoms with Crippen LogP contribution < -0.4 is 11.2 Å². The van der Waals surface area contributed by atoms with Gasteiger partial charge in [-0.2, -0.15) is 12.7 Å². The number of nitrogens with one attached hydrogen (secondary N) is 1. The van der Waals surface area contributed by atoms with Crippen LogP contribution in [0.15, 0.2) is 23.1 Å². The summed E-state index contributed by atoms with van der Waals surface area (Å²) in [6, 6.07) is 3.79. The molecule has 0 aliphatic rings. The Hall–Kier alpha value is -1.16. The molecular formula is C8H12N2O5S2. The van der Waals surface area contributed by atoms with E-state index in [1.807, 2.05) is 0 Å². The van der Waals surface area contributed by atoms with Crippen molar-refractivity contribution in [3.63, 3.8) is 0 Å². The summed E-state index contributed by atoms with van der Waals surface area (Å²) in [5, 5.41) is 0. The monoisotopic (exact) mass is 280 g/mol. The number of rotatable bonds is 5. The number of nitrogen functional groups attached to an aromatic ring is 1. The molecule has 1 aromatic carbocycles. The first-order valence-corrected chi connectivity index (χ1v) is 7.21. The predicted octanol–water partition coefficient (Wildman–Crippen LogP) is 0.543. The lowest BCUT2D eigenvalue weighted by Crippen LogP contribution is -2.08. The van der Waals surface area contributed by atoms with Gasteiger partial charge in [0.1, 0.15) is 4.90 Å². The highest BCUT2D eigenvalue weighted by Crippen LogP contribution is 2.22. The molecule has 0 amide bonds. The largest absolute Gasteiger partial charge is 0.398 e. The van der Waals surface area contributed by atoms with Crippen LogP contribution in [0.2, 0.25) is 0 Å². The Bertz CT molecular complexity index is 529. The van der Waals surface area contributed by atoms with E-state index in [9.17, 15) is 12.6 Å². The molecule has 0 aromatic heterocycles. The molecule has 1 rings (SSSR count). The molecule has 0 fully saturated rings. The Morgan fingerprint density at radius 3 is 2.71 bits per heavy atom. The summed E-state index contributed by atoms with van der Waals surface area (Å²) in [6.07, 6.45) is 0. The van der Waals surface area contributed by atoms with Gasteiger partial charge in [-0.1, -0.05) is 6.92 Å². The quantitative estimate of drug-likeness (QED) is 0.409.